The van der Waals surface area contributed by atoms with Gasteiger partial charge in [-0.05, 0) is 25.1 Å². The molecule has 0 fully saturated rings. The fourth-order valence-electron chi connectivity index (χ4n) is 2.32. The van der Waals surface area contributed by atoms with E-state index < -0.39 is 22.4 Å². The van der Waals surface area contributed by atoms with E-state index in [0.29, 0.717) is 6.54 Å². The standard InChI is InChI=1S/C15H15ClF3N5O3/c1-2-23(5-6-25)14-12(24(26)27)13(20-8-21-14)22-11-7-9(15(17,18)19)3-4-10(11)16/h3-4,7-8,25H,2,5-6H2,1H3,(H,20,21,22). The molecule has 0 atom stereocenters. The fourth-order valence-corrected chi connectivity index (χ4v) is 2.48. The number of likely N-dealkylation sites (N-methyl/N-ethyl adjacent to an activating group) is 1. The third-order valence-electron chi connectivity index (χ3n) is 3.58. The highest BCUT2D eigenvalue weighted by atomic mass is 35.5. The number of nitrogens with one attached hydrogen (secondary N) is 1. The number of hydrogen-bond donors (Lipinski definition) is 2. The average Bonchev–Trinajstić information content (AvgIpc) is 2.60. The molecule has 2 N–H and O–H groups in total. The summed E-state index contributed by atoms with van der Waals surface area (Å²) in [5.74, 6) is -0.389. The minimum atomic E-state index is -4.61. The molecular weight excluding hydrogens is 391 g/mol. The normalized spacial score (nSPS) is 11.3. The summed E-state index contributed by atoms with van der Waals surface area (Å²) in [6, 6.07) is 2.57. The van der Waals surface area contributed by atoms with Crippen LogP contribution in [0.2, 0.25) is 5.02 Å². The Labute approximate surface area is 156 Å². The van der Waals surface area contributed by atoms with Crippen molar-refractivity contribution in [2.45, 2.75) is 13.1 Å². The Morgan fingerprint density at radius 2 is 2.07 bits per heavy atom. The molecule has 12 heteroatoms. The van der Waals surface area contributed by atoms with Crippen LogP contribution >= 0.6 is 11.6 Å². The van der Waals surface area contributed by atoms with E-state index in [1.165, 1.54) is 4.90 Å². The summed E-state index contributed by atoms with van der Waals surface area (Å²) in [6.45, 7) is 1.83. The maximum atomic E-state index is 12.9. The molecule has 0 bridgehead atoms. The van der Waals surface area contributed by atoms with Crippen molar-refractivity contribution in [1.29, 1.82) is 0 Å². The molecule has 0 radical (unpaired) electrons. The smallest absolute Gasteiger partial charge is 0.395 e. The van der Waals surface area contributed by atoms with Crippen LogP contribution in [-0.2, 0) is 6.18 Å². The first-order chi connectivity index (χ1) is 12.7. The van der Waals surface area contributed by atoms with Gasteiger partial charge in [-0.15, -0.1) is 0 Å². The average molecular weight is 406 g/mol. The molecule has 27 heavy (non-hydrogen) atoms. The van der Waals surface area contributed by atoms with E-state index in [1.54, 1.807) is 6.92 Å². The second kappa shape index (κ2) is 8.35. The van der Waals surface area contributed by atoms with Gasteiger partial charge in [0.15, 0.2) is 0 Å². The first-order valence-corrected chi connectivity index (χ1v) is 8.05. The van der Waals surface area contributed by atoms with Gasteiger partial charge in [-0.3, -0.25) is 10.1 Å². The molecule has 0 aliphatic rings. The van der Waals surface area contributed by atoms with Gasteiger partial charge >= 0.3 is 11.9 Å². The summed E-state index contributed by atoms with van der Waals surface area (Å²) >= 11 is 5.92. The third-order valence-corrected chi connectivity index (χ3v) is 3.91. The number of anilines is 3. The molecule has 1 aromatic carbocycles. The number of aliphatic hydroxyl groups excluding tert-OH is 1. The summed E-state index contributed by atoms with van der Waals surface area (Å²) in [6.07, 6.45) is -3.57. The molecule has 0 aliphatic carbocycles. The number of nitro groups is 1. The predicted molar refractivity (Wildman–Crippen MR) is 93.4 cm³/mol. The Morgan fingerprint density at radius 3 is 2.63 bits per heavy atom. The Bertz CT molecular complexity index is 835. The van der Waals surface area contributed by atoms with Gasteiger partial charge in [0.1, 0.15) is 6.33 Å². The van der Waals surface area contributed by atoms with Crippen molar-refractivity contribution in [3.05, 3.63) is 45.2 Å². The lowest BCUT2D eigenvalue weighted by Crippen LogP contribution is -2.28. The van der Waals surface area contributed by atoms with Crippen LogP contribution in [0.15, 0.2) is 24.5 Å². The monoisotopic (exact) mass is 405 g/mol. The van der Waals surface area contributed by atoms with Crippen molar-refractivity contribution >= 4 is 34.6 Å². The van der Waals surface area contributed by atoms with Gasteiger partial charge in [0.2, 0.25) is 11.6 Å². The van der Waals surface area contributed by atoms with Crippen molar-refractivity contribution in [1.82, 2.24) is 9.97 Å². The summed E-state index contributed by atoms with van der Waals surface area (Å²) in [4.78, 5) is 19.9. The van der Waals surface area contributed by atoms with Crippen LogP contribution < -0.4 is 10.2 Å². The third kappa shape index (κ3) is 4.74. The Hall–Kier alpha value is -2.66. The van der Waals surface area contributed by atoms with Crippen LogP contribution in [0.25, 0.3) is 0 Å². The highest BCUT2D eigenvalue weighted by Gasteiger charge is 2.32. The van der Waals surface area contributed by atoms with Crippen LogP contribution in [0.4, 0.5) is 36.2 Å². The van der Waals surface area contributed by atoms with Crippen molar-refractivity contribution in [3.63, 3.8) is 0 Å². The van der Waals surface area contributed by atoms with Crippen molar-refractivity contribution in [2.75, 3.05) is 29.9 Å². The zero-order valence-electron chi connectivity index (χ0n) is 14.0. The quantitative estimate of drug-likeness (QED) is 0.535. The molecule has 0 amide bonds. The van der Waals surface area contributed by atoms with Gasteiger partial charge in [-0.1, -0.05) is 11.6 Å². The lowest BCUT2D eigenvalue weighted by Gasteiger charge is -2.21. The van der Waals surface area contributed by atoms with E-state index in [0.717, 1.165) is 24.5 Å². The minimum Gasteiger partial charge on any atom is -0.395 e. The fraction of sp³-hybridized carbons (Fsp3) is 0.333. The second-order valence-electron chi connectivity index (χ2n) is 5.27. The molecule has 2 rings (SSSR count). The summed E-state index contributed by atoms with van der Waals surface area (Å²) in [7, 11) is 0. The first kappa shape index (κ1) is 20.6. The van der Waals surface area contributed by atoms with Crippen LogP contribution in [-0.4, -0.2) is 39.7 Å². The minimum absolute atomic E-state index is 0.0693. The molecule has 0 spiro atoms. The highest BCUT2D eigenvalue weighted by molar-refractivity contribution is 6.33. The van der Waals surface area contributed by atoms with Crippen LogP contribution in [0, 0.1) is 10.1 Å². The van der Waals surface area contributed by atoms with Crippen LogP contribution in [0.3, 0.4) is 0 Å². The Balaban J connectivity index is 2.53. The highest BCUT2D eigenvalue weighted by Crippen LogP contribution is 2.38. The number of hydrogen-bond acceptors (Lipinski definition) is 7. The number of alkyl halides is 3. The number of benzene rings is 1. The molecule has 1 aromatic heterocycles. The van der Waals surface area contributed by atoms with Gasteiger partial charge in [-0.25, -0.2) is 9.97 Å². The van der Waals surface area contributed by atoms with Gasteiger partial charge in [0.05, 0.1) is 27.8 Å². The Morgan fingerprint density at radius 1 is 1.37 bits per heavy atom. The molecule has 0 saturated carbocycles. The molecule has 0 unspecified atom stereocenters. The van der Waals surface area contributed by atoms with Gasteiger partial charge in [0, 0.05) is 13.1 Å². The zero-order chi connectivity index (χ0) is 20.2. The lowest BCUT2D eigenvalue weighted by molar-refractivity contribution is -0.383. The summed E-state index contributed by atoms with van der Waals surface area (Å²) in [5, 5.41) is 23.1. The molecule has 0 aliphatic heterocycles. The van der Waals surface area contributed by atoms with Gasteiger partial charge < -0.3 is 15.3 Å². The SMILES string of the molecule is CCN(CCO)c1ncnc(Nc2cc(C(F)(F)F)ccc2Cl)c1[N+](=O)[O-]. The molecule has 0 saturated heterocycles. The number of nitrogens with zero attached hydrogens (tertiary/aromatic N) is 4. The predicted octanol–water partition coefficient (Wildman–Crippen LogP) is 3.62. The number of aromatic nitrogens is 2. The topological polar surface area (TPSA) is 104 Å². The van der Waals surface area contributed by atoms with Crippen molar-refractivity contribution in [2.24, 2.45) is 0 Å². The second-order valence-corrected chi connectivity index (χ2v) is 5.68. The number of aliphatic hydroxyl groups is 1. The zero-order valence-corrected chi connectivity index (χ0v) is 14.8. The molecular formula is C15H15ClF3N5O3. The van der Waals surface area contributed by atoms with Crippen molar-refractivity contribution in [3.8, 4) is 0 Å². The van der Waals surface area contributed by atoms with Gasteiger partial charge in [0.25, 0.3) is 0 Å². The molecule has 8 nitrogen and oxygen atoms in total. The molecule has 1 heterocycles. The van der Waals surface area contributed by atoms with E-state index in [9.17, 15) is 23.3 Å². The summed E-state index contributed by atoms with van der Waals surface area (Å²) in [5.41, 5.74) is -1.70. The van der Waals surface area contributed by atoms with E-state index in [-0.39, 0.29) is 35.5 Å². The maximum absolute atomic E-state index is 12.9. The van der Waals surface area contributed by atoms with Crippen molar-refractivity contribution < 1.29 is 23.2 Å². The van der Waals surface area contributed by atoms with E-state index >= 15 is 0 Å². The summed E-state index contributed by atoms with van der Waals surface area (Å²) < 4.78 is 38.7. The molecule has 146 valence electrons. The number of rotatable bonds is 7. The molecule has 2 aromatic rings. The lowest BCUT2D eigenvalue weighted by atomic mass is 10.2. The largest absolute Gasteiger partial charge is 0.416 e. The number of halogens is 4. The van der Waals surface area contributed by atoms with Crippen LogP contribution in [0.5, 0.6) is 0 Å². The van der Waals surface area contributed by atoms with E-state index in [2.05, 4.69) is 15.3 Å². The van der Waals surface area contributed by atoms with Crippen LogP contribution in [0.1, 0.15) is 12.5 Å². The first-order valence-electron chi connectivity index (χ1n) is 7.68. The van der Waals surface area contributed by atoms with E-state index in [1.807, 2.05) is 0 Å². The Kier molecular flexibility index (Phi) is 6.39. The maximum Gasteiger partial charge on any atom is 0.416 e. The van der Waals surface area contributed by atoms with Gasteiger partial charge in [-0.2, -0.15) is 13.2 Å². The van der Waals surface area contributed by atoms with E-state index in [4.69, 9.17) is 16.7 Å².